The molecule has 2 aliphatic rings. The summed E-state index contributed by atoms with van der Waals surface area (Å²) in [5, 5.41) is 6.79. The number of hydrogen-bond donors (Lipinski definition) is 2. The van der Waals surface area contributed by atoms with Crippen molar-refractivity contribution in [1.29, 1.82) is 0 Å². The molecule has 2 fully saturated rings. The van der Waals surface area contributed by atoms with Gasteiger partial charge in [-0.2, -0.15) is 0 Å². The van der Waals surface area contributed by atoms with E-state index in [-0.39, 0.29) is 0 Å². The average Bonchev–Trinajstić information content (AvgIpc) is 3.29. The molecule has 2 aliphatic heterocycles. The number of piperazine rings is 1. The Labute approximate surface area is 181 Å². The molecule has 1 aromatic rings. The molecule has 0 saturated carbocycles. The predicted molar refractivity (Wildman–Crippen MR) is 124 cm³/mol. The van der Waals surface area contributed by atoms with Crippen molar-refractivity contribution in [1.82, 2.24) is 15.5 Å². The van der Waals surface area contributed by atoms with Gasteiger partial charge >= 0.3 is 0 Å². The molecular weight excluding hydrogens is 378 g/mol. The van der Waals surface area contributed by atoms with Crippen molar-refractivity contribution in [2.24, 2.45) is 4.99 Å². The van der Waals surface area contributed by atoms with Crippen LogP contribution in [0.4, 0.5) is 5.69 Å². The highest BCUT2D eigenvalue weighted by Gasteiger charge is 2.17. The number of benzene rings is 1. The Bertz CT molecular complexity index is 640. The van der Waals surface area contributed by atoms with Gasteiger partial charge in [0.25, 0.3) is 0 Å². The van der Waals surface area contributed by atoms with Gasteiger partial charge in [0, 0.05) is 65.2 Å². The molecule has 0 spiro atoms. The standard InChI is InChI=1S/C23H39N5O2/c1-20-6-3-7-21(18-20)28-14-12-27(13-15-28)11-4-9-25-23(24-2)26-10-5-16-30-22-8-17-29-19-22/h3,6-7,18,22H,4-5,8-17,19H2,1-2H3,(H2,24,25,26). The number of aliphatic imine (C=N–C) groups is 1. The molecule has 1 atom stereocenters. The molecule has 1 aromatic carbocycles. The number of ether oxygens (including phenoxy) is 2. The van der Waals surface area contributed by atoms with Crippen molar-refractivity contribution in [3.63, 3.8) is 0 Å². The van der Waals surface area contributed by atoms with Crippen LogP contribution in [0.25, 0.3) is 0 Å². The third-order valence-corrected chi connectivity index (χ3v) is 5.76. The van der Waals surface area contributed by atoms with E-state index in [4.69, 9.17) is 9.47 Å². The van der Waals surface area contributed by atoms with Crippen LogP contribution >= 0.6 is 0 Å². The lowest BCUT2D eigenvalue weighted by molar-refractivity contribution is 0.0420. The van der Waals surface area contributed by atoms with E-state index < -0.39 is 0 Å². The molecule has 2 saturated heterocycles. The quantitative estimate of drug-likeness (QED) is 0.344. The van der Waals surface area contributed by atoms with E-state index >= 15 is 0 Å². The fourth-order valence-corrected chi connectivity index (χ4v) is 3.96. The summed E-state index contributed by atoms with van der Waals surface area (Å²) in [6.45, 7) is 11.9. The topological polar surface area (TPSA) is 61.4 Å². The number of nitrogens with zero attached hydrogens (tertiary/aromatic N) is 3. The summed E-state index contributed by atoms with van der Waals surface area (Å²) in [5.41, 5.74) is 2.69. The van der Waals surface area contributed by atoms with Gasteiger partial charge in [-0.15, -0.1) is 0 Å². The van der Waals surface area contributed by atoms with Crippen LogP contribution in [-0.2, 0) is 9.47 Å². The molecule has 30 heavy (non-hydrogen) atoms. The molecule has 0 bridgehead atoms. The number of guanidine groups is 1. The summed E-state index contributed by atoms with van der Waals surface area (Å²) in [4.78, 5) is 9.37. The maximum absolute atomic E-state index is 5.79. The summed E-state index contributed by atoms with van der Waals surface area (Å²) >= 11 is 0. The molecule has 0 aromatic heterocycles. The van der Waals surface area contributed by atoms with E-state index in [1.807, 2.05) is 7.05 Å². The Morgan fingerprint density at radius 1 is 1.17 bits per heavy atom. The molecule has 168 valence electrons. The zero-order valence-corrected chi connectivity index (χ0v) is 18.7. The molecule has 3 rings (SSSR count). The molecule has 0 aliphatic carbocycles. The van der Waals surface area contributed by atoms with E-state index in [1.165, 1.54) is 11.3 Å². The van der Waals surface area contributed by atoms with Gasteiger partial charge in [-0.3, -0.25) is 9.89 Å². The fraction of sp³-hybridized carbons (Fsp3) is 0.696. The van der Waals surface area contributed by atoms with Crippen molar-refractivity contribution in [2.75, 3.05) is 77.6 Å². The van der Waals surface area contributed by atoms with Gasteiger partial charge < -0.3 is 25.0 Å². The van der Waals surface area contributed by atoms with Gasteiger partial charge in [0.15, 0.2) is 5.96 Å². The molecule has 1 unspecified atom stereocenters. The van der Waals surface area contributed by atoms with Gasteiger partial charge in [0.1, 0.15) is 0 Å². The highest BCUT2D eigenvalue weighted by atomic mass is 16.5. The third kappa shape index (κ3) is 7.78. The maximum Gasteiger partial charge on any atom is 0.190 e. The van der Waals surface area contributed by atoms with Crippen LogP contribution in [0, 0.1) is 6.92 Å². The van der Waals surface area contributed by atoms with Gasteiger partial charge in [-0.25, -0.2) is 0 Å². The predicted octanol–water partition coefficient (Wildman–Crippen LogP) is 1.87. The Morgan fingerprint density at radius 3 is 2.67 bits per heavy atom. The molecule has 2 heterocycles. The number of rotatable bonds is 10. The van der Waals surface area contributed by atoms with Gasteiger partial charge in [0.05, 0.1) is 12.7 Å². The van der Waals surface area contributed by atoms with E-state index in [9.17, 15) is 0 Å². The summed E-state index contributed by atoms with van der Waals surface area (Å²) < 4.78 is 11.1. The second-order valence-electron chi connectivity index (χ2n) is 8.16. The SMILES string of the molecule is CN=C(NCCCOC1CCOC1)NCCCN1CCN(c2cccc(C)c2)CC1. The molecule has 0 amide bonds. The first-order chi connectivity index (χ1) is 14.7. The Morgan fingerprint density at radius 2 is 1.97 bits per heavy atom. The lowest BCUT2D eigenvalue weighted by Gasteiger charge is -2.36. The fourth-order valence-electron chi connectivity index (χ4n) is 3.96. The smallest absolute Gasteiger partial charge is 0.190 e. The Balaban J connectivity index is 1.21. The summed E-state index contributed by atoms with van der Waals surface area (Å²) in [6, 6.07) is 8.82. The van der Waals surface area contributed by atoms with Gasteiger partial charge in [-0.05, 0) is 50.4 Å². The van der Waals surface area contributed by atoms with Crippen LogP contribution in [0.1, 0.15) is 24.8 Å². The lowest BCUT2D eigenvalue weighted by Crippen LogP contribution is -2.47. The molecule has 0 radical (unpaired) electrons. The minimum absolute atomic E-state index is 0.293. The normalized spacial score (nSPS) is 20.5. The Hall–Kier alpha value is -1.83. The maximum atomic E-state index is 5.79. The molecule has 2 N–H and O–H groups in total. The molecule has 7 heteroatoms. The number of anilines is 1. The van der Waals surface area contributed by atoms with Crippen molar-refractivity contribution in [2.45, 2.75) is 32.3 Å². The third-order valence-electron chi connectivity index (χ3n) is 5.76. The minimum Gasteiger partial charge on any atom is -0.379 e. The zero-order chi connectivity index (χ0) is 21.0. The van der Waals surface area contributed by atoms with Gasteiger partial charge in [0.2, 0.25) is 0 Å². The van der Waals surface area contributed by atoms with E-state index in [2.05, 4.69) is 56.6 Å². The summed E-state index contributed by atoms with van der Waals surface area (Å²) in [5.74, 6) is 0.878. The number of aryl methyl sites for hydroxylation is 1. The van der Waals surface area contributed by atoms with Crippen LogP contribution in [0.3, 0.4) is 0 Å². The summed E-state index contributed by atoms with van der Waals surface area (Å²) in [7, 11) is 1.83. The largest absolute Gasteiger partial charge is 0.379 e. The van der Waals surface area contributed by atoms with Crippen LogP contribution in [0.2, 0.25) is 0 Å². The van der Waals surface area contributed by atoms with E-state index in [1.54, 1.807) is 0 Å². The lowest BCUT2D eigenvalue weighted by atomic mass is 10.2. The highest BCUT2D eigenvalue weighted by molar-refractivity contribution is 5.79. The first-order valence-corrected chi connectivity index (χ1v) is 11.4. The Kier molecular flexibility index (Phi) is 9.73. The first kappa shape index (κ1) is 22.8. The first-order valence-electron chi connectivity index (χ1n) is 11.4. The molecular formula is C23H39N5O2. The van der Waals surface area contributed by atoms with Crippen molar-refractivity contribution >= 4 is 11.6 Å². The summed E-state index contributed by atoms with van der Waals surface area (Å²) in [6.07, 6.45) is 3.41. The van der Waals surface area contributed by atoms with Crippen LogP contribution < -0.4 is 15.5 Å². The number of nitrogens with one attached hydrogen (secondary N) is 2. The van der Waals surface area contributed by atoms with E-state index in [0.29, 0.717) is 6.10 Å². The second-order valence-corrected chi connectivity index (χ2v) is 8.16. The highest BCUT2D eigenvalue weighted by Crippen LogP contribution is 2.17. The van der Waals surface area contributed by atoms with Crippen molar-refractivity contribution in [3.05, 3.63) is 29.8 Å². The van der Waals surface area contributed by atoms with Crippen molar-refractivity contribution in [3.8, 4) is 0 Å². The van der Waals surface area contributed by atoms with Crippen molar-refractivity contribution < 1.29 is 9.47 Å². The van der Waals surface area contributed by atoms with Gasteiger partial charge in [-0.1, -0.05) is 12.1 Å². The monoisotopic (exact) mass is 417 g/mol. The average molecular weight is 418 g/mol. The van der Waals surface area contributed by atoms with Crippen LogP contribution in [0.15, 0.2) is 29.3 Å². The zero-order valence-electron chi connectivity index (χ0n) is 18.7. The van der Waals surface area contributed by atoms with Crippen LogP contribution in [-0.4, -0.2) is 89.6 Å². The minimum atomic E-state index is 0.293. The number of hydrogen-bond acceptors (Lipinski definition) is 5. The molecule has 7 nitrogen and oxygen atoms in total. The van der Waals surface area contributed by atoms with Crippen LogP contribution in [0.5, 0.6) is 0 Å². The van der Waals surface area contributed by atoms with E-state index in [0.717, 1.165) is 90.9 Å². The second kappa shape index (κ2) is 12.8.